The van der Waals surface area contributed by atoms with Crippen LogP contribution in [0.5, 0.6) is 0 Å². The van der Waals surface area contributed by atoms with Gasteiger partial charge in [0, 0.05) is 16.3 Å². The third-order valence-corrected chi connectivity index (χ3v) is 3.35. The minimum Gasteiger partial charge on any atom is -0.207 e. The van der Waals surface area contributed by atoms with E-state index in [1.807, 2.05) is 0 Å². The highest BCUT2D eigenvalue weighted by molar-refractivity contribution is 8.16. The van der Waals surface area contributed by atoms with E-state index in [2.05, 4.69) is 0 Å². The molecule has 0 saturated carbocycles. The Morgan fingerprint density at radius 3 is 2.07 bits per heavy atom. The van der Waals surface area contributed by atoms with Gasteiger partial charge in [-0.3, -0.25) is 0 Å². The van der Waals surface area contributed by atoms with E-state index in [0.717, 1.165) is 12.2 Å². The molecule has 0 unspecified atom stereocenters. The fraction of sp³-hybridized carbons (Fsp3) is 0.429. The fourth-order valence-corrected chi connectivity index (χ4v) is 2.02. The topological polar surface area (TPSA) is 34.1 Å². The normalized spacial score (nSPS) is 18.9. The first-order valence-corrected chi connectivity index (χ1v) is 5.94. The summed E-state index contributed by atoms with van der Waals surface area (Å²) in [5, 5.41) is 0. The first kappa shape index (κ1) is 11.6. The van der Waals surface area contributed by atoms with Crippen LogP contribution in [-0.4, -0.2) is 14.6 Å². The number of hydrogen-bond donors (Lipinski definition) is 0. The smallest absolute Gasteiger partial charge is 0.207 e. The highest BCUT2D eigenvalue weighted by atomic mass is 35.7. The molecule has 0 heterocycles. The Hall–Kier alpha value is -0.490. The van der Waals surface area contributed by atoms with Gasteiger partial charge >= 0.3 is 6.18 Å². The van der Waals surface area contributed by atoms with Crippen LogP contribution in [0, 0.1) is 0 Å². The maximum Gasteiger partial charge on any atom is 0.412 e. The summed E-state index contributed by atoms with van der Waals surface area (Å²) in [5.74, 6) is 0. The van der Waals surface area contributed by atoms with Gasteiger partial charge in [0.05, 0.1) is 4.91 Å². The molecule has 7 heteroatoms. The Balaban J connectivity index is 2.96. The van der Waals surface area contributed by atoms with Crippen LogP contribution >= 0.6 is 10.7 Å². The van der Waals surface area contributed by atoms with Crippen LogP contribution in [0.15, 0.2) is 22.6 Å². The Bertz CT molecular complexity index is 392. The average Bonchev–Trinajstić information content (AvgIpc) is 2.01. The third-order valence-electron chi connectivity index (χ3n) is 1.79. The zero-order valence-corrected chi connectivity index (χ0v) is 8.38. The summed E-state index contributed by atoms with van der Waals surface area (Å²) in [6, 6.07) is 0. The van der Waals surface area contributed by atoms with Crippen LogP contribution in [0.4, 0.5) is 13.2 Å². The molecular formula is C7H6ClF3O2S. The number of hydrogen-bond acceptors (Lipinski definition) is 2. The summed E-state index contributed by atoms with van der Waals surface area (Å²) in [6.45, 7) is 0. The van der Waals surface area contributed by atoms with Crippen molar-refractivity contribution >= 4 is 19.7 Å². The van der Waals surface area contributed by atoms with Crippen molar-refractivity contribution in [3.63, 3.8) is 0 Å². The molecule has 0 radical (unpaired) electrons. The zero-order valence-electron chi connectivity index (χ0n) is 6.81. The molecule has 1 aliphatic carbocycles. The van der Waals surface area contributed by atoms with Gasteiger partial charge in [0.2, 0.25) is 0 Å². The maximum atomic E-state index is 12.1. The molecule has 0 aliphatic heterocycles. The monoisotopic (exact) mass is 246 g/mol. The summed E-state index contributed by atoms with van der Waals surface area (Å²) in [6.07, 6.45) is -3.29. The molecule has 0 aromatic carbocycles. The zero-order chi connectivity index (χ0) is 11.0. The van der Waals surface area contributed by atoms with Crippen molar-refractivity contribution in [1.29, 1.82) is 0 Å². The maximum absolute atomic E-state index is 12.1. The van der Waals surface area contributed by atoms with Crippen molar-refractivity contribution in [1.82, 2.24) is 0 Å². The highest BCUT2D eigenvalue weighted by Gasteiger charge is 2.34. The second-order valence-corrected chi connectivity index (χ2v) is 5.38. The summed E-state index contributed by atoms with van der Waals surface area (Å²) in [4.78, 5) is -0.174. The first-order valence-electron chi connectivity index (χ1n) is 3.63. The first-order chi connectivity index (χ1) is 6.21. The molecular weight excluding hydrogens is 241 g/mol. The lowest BCUT2D eigenvalue weighted by Crippen LogP contribution is -2.14. The molecule has 0 spiro atoms. The molecule has 0 aromatic rings. The van der Waals surface area contributed by atoms with E-state index < -0.39 is 20.8 Å². The van der Waals surface area contributed by atoms with E-state index in [4.69, 9.17) is 10.7 Å². The third kappa shape index (κ3) is 2.75. The van der Waals surface area contributed by atoms with Gasteiger partial charge in [-0.15, -0.1) is 0 Å². The second-order valence-electron chi connectivity index (χ2n) is 2.76. The van der Waals surface area contributed by atoms with Crippen molar-refractivity contribution in [2.45, 2.75) is 19.0 Å². The van der Waals surface area contributed by atoms with Crippen molar-refractivity contribution in [3.05, 3.63) is 22.6 Å². The lowest BCUT2D eigenvalue weighted by atomic mass is 10.1. The minimum absolute atomic E-state index is 0.174. The quantitative estimate of drug-likeness (QED) is 0.667. The van der Waals surface area contributed by atoms with Crippen LogP contribution in [0.3, 0.4) is 0 Å². The predicted octanol–water partition coefficient (Wildman–Crippen LogP) is 2.72. The SMILES string of the molecule is O=S(=O)(Cl)C1=CC=C(C(F)(F)F)CC1. The summed E-state index contributed by atoms with van der Waals surface area (Å²) >= 11 is 0. The molecule has 1 aliphatic rings. The lowest BCUT2D eigenvalue weighted by Gasteiger charge is -2.14. The molecule has 1 rings (SSSR count). The number of halogens is 4. The van der Waals surface area contributed by atoms with Crippen LogP contribution in [0.1, 0.15) is 12.8 Å². The molecule has 0 aromatic heterocycles. The van der Waals surface area contributed by atoms with E-state index in [1.165, 1.54) is 0 Å². The van der Waals surface area contributed by atoms with E-state index in [0.29, 0.717) is 0 Å². The summed E-state index contributed by atoms with van der Waals surface area (Å²) in [5.41, 5.74) is -0.735. The number of rotatable bonds is 1. The minimum atomic E-state index is -4.39. The van der Waals surface area contributed by atoms with Gasteiger partial charge < -0.3 is 0 Å². The van der Waals surface area contributed by atoms with Gasteiger partial charge in [0.15, 0.2) is 0 Å². The second kappa shape index (κ2) is 3.58. The molecule has 0 amide bonds. The molecule has 0 saturated heterocycles. The Labute approximate surface area is 83.5 Å². The van der Waals surface area contributed by atoms with Crippen LogP contribution in [0.25, 0.3) is 0 Å². The van der Waals surface area contributed by atoms with Gasteiger partial charge in [-0.2, -0.15) is 13.2 Å². The van der Waals surface area contributed by atoms with Crippen molar-refractivity contribution in [2.24, 2.45) is 0 Å². The Morgan fingerprint density at radius 2 is 1.79 bits per heavy atom. The van der Waals surface area contributed by atoms with Gasteiger partial charge in [-0.25, -0.2) is 8.42 Å². The predicted molar refractivity (Wildman–Crippen MR) is 46.2 cm³/mol. The molecule has 14 heavy (non-hydrogen) atoms. The molecule has 2 nitrogen and oxygen atoms in total. The molecule has 0 N–H and O–H groups in total. The average molecular weight is 247 g/mol. The van der Waals surface area contributed by atoms with Gasteiger partial charge in [0.25, 0.3) is 9.05 Å². The van der Waals surface area contributed by atoms with E-state index in [1.54, 1.807) is 0 Å². The molecule has 80 valence electrons. The van der Waals surface area contributed by atoms with Gasteiger partial charge in [-0.1, -0.05) is 6.08 Å². The number of allylic oxidation sites excluding steroid dienone is 4. The molecule has 0 atom stereocenters. The largest absolute Gasteiger partial charge is 0.412 e. The van der Waals surface area contributed by atoms with Crippen molar-refractivity contribution in [3.8, 4) is 0 Å². The molecule has 0 fully saturated rings. The van der Waals surface area contributed by atoms with E-state index in [-0.39, 0.29) is 17.7 Å². The van der Waals surface area contributed by atoms with Gasteiger partial charge in [0.1, 0.15) is 0 Å². The van der Waals surface area contributed by atoms with Crippen LogP contribution in [-0.2, 0) is 9.05 Å². The van der Waals surface area contributed by atoms with E-state index >= 15 is 0 Å². The van der Waals surface area contributed by atoms with E-state index in [9.17, 15) is 21.6 Å². The summed E-state index contributed by atoms with van der Waals surface area (Å²) in [7, 11) is 1.09. The summed E-state index contributed by atoms with van der Waals surface area (Å²) < 4.78 is 57.7. The van der Waals surface area contributed by atoms with Gasteiger partial charge in [-0.05, 0) is 18.9 Å². The Kier molecular flexibility index (Phi) is 2.96. The standard InChI is InChI=1S/C7H6ClF3O2S/c8-14(12,13)6-3-1-5(2-4-6)7(9,10)11/h1,3H,2,4H2. The number of alkyl halides is 3. The lowest BCUT2D eigenvalue weighted by molar-refractivity contribution is -0.0940. The van der Waals surface area contributed by atoms with Crippen molar-refractivity contribution < 1.29 is 21.6 Å². The fourth-order valence-electron chi connectivity index (χ4n) is 1.06. The highest BCUT2D eigenvalue weighted by Crippen LogP contribution is 2.34. The van der Waals surface area contributed by atoms with Crippen LogP contribution < -0.4 is 0 Å². The Morgan fingerprint density at radius 1 is 1.21 bits per heavy atom. The molecule has 0 bridgehead atoms. The van der Waals surface area contributed by atoms with Crippen molar-refractivity contribution in [2.75, 3.05) is 0 Å². The van der Waals surface area contributed by atoms with Crippen LogP contribution in [0.2, 0.25) is 0 Å².